The van der Waals surface area contributed by atoms with E-state index in [-0.39, 0.29) is 56.1 Å². The van der Waals surface area contributed by atoms with Crippen LogP contribution in [-0.4, -0.2) is 61.8 Å². The number of ether oxygens (including phenoxy) is 4. The number of hydrogen-bond donors (Lipinski definition) is 1. The molecule has 7 heteroatoms. The van der Waals surface area contributed by atoms with Crippen molar-refractivity contribution in [3.05, 3.63) is 36.5 Å². The zero-order valence-electron chi connectivity index (χ0n) is 16.7. The molecule has 0 aromatic heterocycles. The summed E-state index contributed by atoms with van der Waals surface area (Å²) in [7, 11) is 1.56. The number of hydrogen-bond acceptors (Lipinski definition) is 7. The van der Waals surface area contributed by atoms with Crippen LogP contribution in [0.1, 0.15) is 26.7 Å². The molecule has 2 rings (SSSR count). The van der Waals surface area contributed by atoms with Crippen LogP contribution in [0.3, 0.4) is 0 Å². The Hall–Kier alpha value is -1.96. The molecule has 0 spiro atoms. The number of esters is 2. The van der Waals surface area contributed by atoms with E-state index >= 15 is 0 Å². The maximum absolute atomic E-state index is 12.0. The summed E-state index contributed by atoms with van der Waals surface area (Å²) in [5.74, 6) is -0.808. The third-order valence-electron chi connectivity index (χ3n) is 4.88. The van der Waals surface area contributed by atoms with Crippen LogP contribution in [0.5, 0.6) is 0 Å². The number of fused-ring (bicyclic) bond motifs is 2. The van der Waals surface area contributed by atoms with E-state index in [1.807, 2.05) is 26.0 Å². The molecule has 6 atom stereocenters. The highest BCUT2D eigenvalue weighted by Gasteiger charge is 2.29. The first-order chi connectivity index (χ1) is 13.4. The number of aliphatic hydroxyl groups excluding tert-OH is 1. The van der Waals surface area contributed by atoms with Gasteiger partial charge in [-0.2, -0.15) is 0 Å². The second kappa shape index (κ2) is 11.1. The SMILES string of the molecule is CO[C@@H]1COC(=O)C/C=C/[C@@H](C)[C@@H]2C=C[C@@H](O)[C@@H](COC(=O)C/C=C\[C@H]1C)O2. The second-order valence-electron chi connectivity index (χ2n) is 7.14. The zero-order chi connectivity index (χ0) is 20.5. The number of rotatable bonds is 1. The Balaban J connectivity index is 2.10. The lowest BCUT2D eigenvalue weighted by molar-refractivity contribution is -0.153. The van der Waals surface area contributed by atoms with E-state index in [1.165, 1.54) is 0 Å². The molecule has 0 aliphatic carbocycles. The van der Waals surface area contributed by atoms with Gasteiger partial charge >= 0.3 is 11.9 Å². The first kappa shape index (κ1) is 22.3. The Morgan fingerprint density at radius 2 is 1.54 bits per heavy atom. The highest BCUT2D eigenvalue weighted by atomic mass is 16.6. The molecule has 2 bridgehead atoms. The Morgan fingerprint density at radius 3 is 2.18 bits per heavy atom. The third kappa shape index (κ3) is 6.89. The van der Waals surface area contributed by atoms with Gasteiger partial charge in [0.15, 0.2) is 0 Å². The van der Waals surface area contributed by atoms with E-state index in [4.69, 9.17) is 18.9 Å². The van der Waals surface area contributed by atoms with Gasteiger partial charge in [-0.05, 0) is 0 Å². The van der Waals surface area contributed by atoms with E-state index in [1.54, 1.807) is 31.4 Å². The first-order valence-corrected chi connectivity index (χ1v) is 9.60. The number of methoxy groups -OCH3 is 1. The fourth-order valence-electron chi connectivity index (χ4n) is 3.01. The van der Waals surface area contributed by atoms with Crippen LogP contribution in [0.25, 0.3) is 0 Å². The van der Waals surface area contributed by atoms with Gasteiger partial charge in [-0.15, -0.1) is 0 Å². The van der Waals surface area contributed by atoms with E-state index in [9.17, 15) is 14.7 Å². The lowest BCUT2D eigenvalue weighted by Crippen LogP contribution is -2.40. The average Bonchev–Trinajstić information content (AvgIpc) is 2.67. The normalized spacial score (nSPS) is 37.9. The molecule has 156 valence electrons. The molecule has 0 radical (unpaired) electrons. The van der Waals surface area contributed by atoms with Crippen LogP contribution in [0.15, 0.2) is 36.5 Å². The van der Waals surface area contributed by atoms with Crippen molar-refractivity contribution in [3.63, 3.8) is 0 Å². The Bertz CT molecular complexity index is 610. The van der Waals surface area contributed by atoms with Crippen molar-refractivity contribution < 1.29 is 33.6 Å². The van der Waals surface area contributed by atoms with Gasteiger partial charge in [0.1, 0.15) is 25.4 Å². The predicted molar refractivity (Wildman–Crippen MR) is 102 cm³/mol. The number of carbonyl (C=O) groups is 2. The second-order valence-corrected chi connectivity index (χ2v) is 7.14. The van der Waals surface area contributed by atoms with E-state index in [0.29, 0.717) is 0 Å². The maximum atomic E-state index is 12.0. The van der Waals surface area contributed by atoms with Crippen molar-refractivity contribution in [1.82, 2.24) is 0 Å². The Kier molecular flexibility index (Phi) is 8.89. The van der Waals surface area contributed by atoms with E-state index in [0.717, 1.165) is 0 Å². The summed E-state index contributed by atoms with van der Waals surface area (Å²) in [6, 6.07) is 0. The molecule has 0 amide bonds. The molecule has 0 aromatic rings. The van der Waals surface area contributed by atoms with Crippen molar-refractivity contribution in [2.24, 2.45) is 11.8 Å². The van der Waals surface area contributed by atoms with Crippen LogP contribution >= 0.6 is 0 Å². The monoisotopic (exact) mass is 394 g/mol. The molecular weight excluding hydrogens is 364 g/mol. The number of cyclic esters (lactones) is 2. The summed E-state index contributed by atoms with van der Waals surface area (Å²) < 4.78 is 21.8. The number of aliphatic hydroxyl groups is 1. The smallest absolute Gasteiger partial charge is 0.309 e. The quantitative estimate of drug-likeness (QED) is 0.537. The summed E-state index contributed by atoms with van der Waals surface area (Å²) in [6.45, 7) is 3.99. The predicted octanol–water partition coefficient (Wildman–Crippen LogP) is 1.95. The summed E-state index contributed by atoms with van der Waals surface area (Å²) >= 11 is 0. The van der Waals surface area contributed by atoms with Gasteiger partial charge in [-0.25, -0.2) is 0 Å². The Morgan fingerprint density at radius 1 is 0.929 bits per heavy atom. The summed E-state index contributed by atoms with van der Waals surface area (Å²) in [4.78, 5) is 23.9. The van der Waals surface area contributed by atoms with Crippen molar-refractivity contribution in [3.8, 4) is 0 Å². The summed E-state index contributed by atoms with van der Waals surface area (Å²) in [5.41, 5.74) is 0. The molecule has 1 N–H and O–H groups in total. The largest absolute Gasteiger partial charge is 0.463 e. The van der Waals surface area contributed by atoms with Gasteiger partial charge in [0, 0.05) is 18.9 Å². The lowest BCUT2D eigenvalue weighted by Gasteiger charge is -2.31. The van der Waals surface area contributed by atoms with Gasteiger partial charge in [0.05, 0.1) is 25.0 Å². The van der Waals surface area contributed by atoms with Crippen molar-refractivity contribution in [2.45, 2.75) is 51.1 Å². The van der Waals surface area contributed by atoms with Crippen LogP contribution < -0.4 is 0 Å². The minimum absolute atomic E-state index is 0.0201. The topological polar surface area (TPSA) is 91.3 Å². The van der Waals surface area contributed by atoms with Gasteiger partial charge < -0.3 is 24.1 Å². The minimum atomic E-state index is -0.834. The molecule has 0 saturated heterocycles. The van der Waals surface area contributed by atoms with Crippen LogP contribution in [0.2, 0.25) is 0 Å². The van der Waals surface area contributed by atoms with Crippen molar-refractivity contribution in [1.29, 1.82) is 0 Å². The summed E-state index contributed by atoms with van der Waals surface area (Å²) in [5, 5.41) is 10.1. The highest BCUT2D eigenvalue weighted by molar-refractivity contribution is 5.71. The van der Waals surface area contributed by atoms with Crippen molar-refractivity contribution >= 4 is 11.9 Å². The highest BCUT2D eigenvalue weighted by Crippen LogP contribution is 2.21. The molecule has 0 saturated carbocycles. The van der Waals surface area contributed by atoms with Crippen LogP contribution in [0, 0.1) is 11.8 Å². The Labute approximate surface area is 166 Å². The zero-order valence-corrected chi connectivity index (χ0v) is 16.7. The van der Waals surface area contributed by atoms with Crippen molar-refractivity contribution in [2.75, 3.05) is 20.3 Å². The lowest BCUT2D eigenvalue weighted by atomic mass is 9.99. The molecule has 28 heavy (non-hydrogen) atoms. The standard InChI is InChI=1S/C21H30O7/c1-14-6-4-8-20(23)26-12-18(25-3)15(2)7-5-9-21(24)27-13-19-16(22)10-11-17(14)28-19/h4-7,10-11,14-19,22H,8-9,12-13H2,1-3H3/b6-4+,7-5-/t14-,15-,16-,17+,18-,19-/m1/s1. The fraction of sp³-hybridized carbons (Fsp3) is 0.619. The molecule has 2 heterocycles. The van der Waals surface area contributed by atoms with Gasteiger partial charge in [0.25, 0.3) is 0 Å². The van der Waals surface area contributed by atoms with E-state index in [2.05, 4.69) is 0 Å². The third-order valence-corrected chi connectivity index (χ3v) is 4.88. The van der Waals surface area contributed by atoms with E-state index < -0.39 is 18.2 Å². The summed E-state index contributed by atoms with van der Waals surface area (Å²) in [6.07, 6.45) is 8.80. The molecule has 0 fully saturated rings. The fourth-order valence-corrected chi connectivity index (χ4v) is 3.01. The van der Waals surface area contributed by atoms with Gasteiger partial charge in [-0.1, -0.05) is 50.3 Å². The van der Waals surface area contributed by atoms with Gasteiger partial charge in [0.2, 0.25) is 0 Å². The molecule has 7 nitrogen and oxygen atoms in total. The molecular formula is C21H30O7. The maximum Gasteiger partial charge on any atom is 0.309 e. The molecule has 2 aliphatic heterocycles. The molecule has 2 aliphatic rings. The molecule has 0 aromatic carbocycles. The molecule has 0 unspecified atom stereocenters. The average molecular weight is 394 g/mol. The van der Waals surface area contributed by atoms with Crippen LogP contribution in [0.4, 0.5) is 0 Å². The minimum Gasteiger partial charge on any atom is -0.463 e. The van der Waals surface area contributed by atoms with Crippen LogP contribution in [-0.2, 0) is 28.5 Å². The first-order valence-electron chi connectivity index (χ1n) is 9.60. The number of carbonyl (C=O) groups excluding carboxylic acids is 2. The van der Waals surface area contributed by atoms with Gasteiger partial charge in [-0.3, -0.25) is 9.59 Å².